The van der Waals surface area contributed by atoms with Crippen LogP contribution in [0.2, 0.25) is 5.02 Å². The van der Waals surface area contributed by atoms with Crippen LogP contribution in [0.4, 0.5) is 0 Å². The predicted molar refractivity (Wildman–Crippen MR) is 130 cm³/mol. The lowest BCUT2D eigenvalue weighted by molar-refractivity contribution is -0.124. The molecule has 0 bridgehead atoms. The van der Waals surface area contributed by atoms with Gasteiger partial charge in [0.25, 0.3) is 0 Å². The average molecular weight is 491 g/mol. The molecule has 0 unspecified atom stereocenters. The summed E-state index contributed by atoms with van der Waals surface area (Å²) in [5.74, 6) is -1.62. The lowest BCUT2D eigenvalue weighted by Crippen LogP contribution is -2.35. The van der Waals surface area contributed by atoms with Crippen molar-refractivity contribution in [2.45, 2.75) is 44.9 Å². The zero-order valence-corrected chi connectivity index (χ0v) is 19.9. The van der Waals surface area contributed by atoms with Gasteiger partial charge in [-0.1, -0.05) is 41.4 Å². The maximum Gasteiger partial charge on any atom is 0.342 e. The summed E-state index contributed by atoms with van der Waals surface area (Å²) < 4.78 is 5.28. The van der Waals surface area contributed by atoms with Crippen molar-refractivity contribution in [1.82, 2.24) is 4.90 Å². The Bertz CT molecular complexity index is 967. The first-order valence-electron chi connectivity index (χ1n) is 11.6. The number of allylic oxidation sites excluding steroid dienone is 3. The highest BCUT2D eigenvalue weighted by atomic mass is 35.5. The first-order chi connectivity index (χ1) is 16.5. The van der Waals surface area contributed by atoms with Gasteiger partial charge in [0, 0.05) is 12.5 Å². The molecule has 2 aliphatic heterocycles. The largest absolute Gasteiger partial charge is 0.507 e. The molecule has 0 saturated carbocycles. The van der Waals surface area contributed by atoms with Crippen LogP contribution >= 0.6 is 11.6 Å². The van der Waals surface area contributed by atoms with Crippen molar-refractivity contribution in [2.24, 2.45) is 5.16 Å². The van der Waals surface area contributed by atoms with Crippen LogP contribution in [0.15, 0.2) is 35.5 Å². The molecule has 0 radical (unpaired) electrons. The summed E-state index contributed by atoms with van der Waals surface area (Å²) >= 11 is 6.30. The molecule has 1 fully saturated rings. The Labute approximate surface area is 204 Å². The Kier molecular flexibility index (Phi) is 9.97. The lowest BCUT2D eigenvalue weighted by atomic mass is 9.99. The quantitative estimate of drug-likeness (QED) is 0.362. The van der Waals surface area contributed by atoms with Crippen molar-refractivity contribution in [1.29, 1.82) is 0 Å². The van der Waals surface area contributed by atoms with Crippen LogP contribution in [0.5, 0.6) is 11.5 Å². The van der Waals surface area contributed by atoms with Crippen LogP contribution < -0.4 is 0 Å². The van der Waals surface area contributed by atoms with E-state index in [1.807, 2.05) is 18.2 Å². The number of cyclic esters (lactones) is 1. The highest BCUT2D eigenvalue weighted by Gasteiger charge is 2.24. The molecule has 34 heavy (non-hydrogen) atoms. The van der Waals surface area contributed by atoms with Gasteiger partial charge in [0.05, 0.1) is 23.9 Å². The molecule has 0 amide bonds. The second kappa shape index (κ2) is 13.2. The maximum atomic E-state index is 12.7. The number of hydrogen-bond donors (Lipinski definition) is 2. The molecule has 3 rings (SSSR count). The van der Waals surface area contributed by atoms with Gasteiger partial charge in [0.15, 0.2) is 12.4 Å². The van der Waals surface area contributed by atoms with Gasteiger partial charge in [-0.2, -0.15) is 0 Å². The maximum absolute atomic E-state index is 12.7. The Morgan fingerprint density at radius 1 is 1.09 bits per heavy atom. The molecule has 0 aromatic heterocycles. The number of aromatic hydroxyl groups is 2. The van der Waals surface area contributed by atoms with E-state index in [1.165, 1.54) is 6.42 Å². The first kappa shape index (κ1) is 25.8. The molecule has 0 atom stereocenters. The van der Waals surface area contributed by atoms with E-state index < -0.39 is 11.7 Å². The Balaban J connectivity index is 1.80. The number of likely N-dealkylation sites (tertiary alicyclic amines) is 1. The first-order valence-corrected chi connectivity index (χ1v) is 12.0. The fourth-order valence-electron chi connectivity index (χ4n) is 3.92. The fourth-order valence-corrected chi connectivity index (χ4v) is 4.14. The van der Waals surface area contributed by atoms with Gasteiger partial charge in [-0.25, -0.2) is 4.79 Å². The molecule has 0 aliphatic carbocycles. The van der Waals surface area contributed by atoms with E-state index in [1.54, 1.807) is 6.08 Å². The summed E-state index contributed by atoms with van der Waals surface area (Å²) in [6, 6.07) is 1.01. The van der Waals surface area contributed by atoms with E-state index >= 15 is 0 Å². The molecule has 1 saturated heterocycles. The average Bonchev–Trinajstić information content (AvgIpc) is 2.81. The van der Waals surface area contributed by atoms with E-state index in [0.29, 0.717) is 18.7 Å². The van der Waals surface area contributed by atoms with E-state index in [2.05, 4.69) is 10.1 Å². The number of ketones is 1. The minimum absolute atomic E-state index is 0.0160. The van der Waals surface area contributed by atoms with Crippen LogP contribution in [-0.2, 0) is 20.8 Å². The fraction of sp³-hybridized carbons (Fsp3) is 0.480. The minimum atomic E-state index is -0.749. The minimum Gasteiger partial charge on any atom is -0.507 e. The number of benzene rings is 1. The Morgan fingerprint density at radius 2 is 1.82 bits per heavy atom. The topological polar surface area (TPSA) is 109 Å². The van der Waals surface area contributed by atoms with Gasteiger partial charge in [-0.15, -0.1) is 0 Å². The normalized spacial score (nSPS) is 21.2. The van der Waals surface area contributed by atoms with E-state index in [-0.39, 0.29) is 47.3 Å². The zero-order chi connectivity index (χ0) is 24.3. The number of ether oxygens (including phenoxy) is 1. The number of phenolic OH excluding ortho intramolecular Hbond substituents is 2. The number of nitrogens with zero attached hydrogens (tertiary/aromatic N) is 2. The van der Waals surface area contributed by atoms with Crippen LogP contribution in [0.1, 0.15) is 54.4 Å². The van der Waals surface area contributed by atoms with Crippen LogP contribution in [0.25, 0.3) is 0 Å². The summed E-state index contributed by atoms with van der Waals surface area (Å²) in [6.07, 6.45) is 13.0. The van der Waals surface area contributed by atoms with Crippen LogP contribution in [0.3, 0.4) is 0 Å². The number of oxime groups is 1. The summed E-state index contributed by atoms with van der Waals surface area (Å²) in [5, 5.41) is 24.5. The van der Waals surface area contributed by atoms with Gasteiger partial charge >= 0.3 is 5.97 Å². The number of phenols is 2. The second-order valence-electron chi connectivity index (χ2n) is 8.37. The van der Waals surface area contributed by atoms with E-state index in [4.69, 9.17) is 21.2 Å². The predicted octanol–water partition coefficient (Wildman–Crippen LogP) is 4.17. The number of rotatable bonds is 5. The monoisotopic (exact) mass is 490 g/mol. The number of carbonyl (C=O) groups is 2. The van der Waals surface area contributed by atoms with Gasteiger partial charge in [-0.3, -0.25) is 9.69 Å². The van der Waals surface area contributed by atoms with Gasteiger partial charge in [0.2, 0.25) is 0 Å². The molecular weight excluding hydrogens is 460 g/mol. The molecule has 2 N–H and O–H groups in total. The van der Waals surface area contributed by atoms with Gasteiger partial charge in [-0.05, 0) is 56.8 Å². The van der Waals surface area contributed by atoms with Crippen molar-refractivity contribution in [3.8, 4) is 11.5 Å². The highest BCUT2D eigenvalue weighted by molar-refractivity contribution is 6.33. The molecule has 1 aromatic carbocycles. The third kappa shape index (κ3) is 7.60. The molecule has 8 nitrogen and oxygen atoms in total. The smallest absolute Gasteiger partial charge is 0.342 e. The van der Waals surface area contributed by atoms with Crippen LogP contribution in [-0.4, -0.2) is 65.4 Å². The number of fused-ring (bicyclic) bond motifs is 1. The number of esters is 1. The molecular formula is C25H31ClN2O6. The Hall–Kier alpha value is -2.84. The molecule has 9 heteroatoms. The van der Waals surface area contributed by atoms with Crippen molar-refractivity contribution in [2.75, 3.05) is 32.8 Å². The molecule has 184 valence electrons. The summed E-state index contributed by atoms with van der Waals surface area (Å²) in [6.45, 7) is 2.12. The van der Waals surface area contributed by atoms with Crippen LogP contribution in [0, 0.1) is 0 Å². The summed E-state index contributed by atoms with van der Waals surface area (Å²) in [7, 11) is 0. The number of hydrogen-bond acceptors (Lipinski definition) is 8. The number of carbonyl (C=O) groups excluding carboxylic acids is 2. The lowest BCUT2D eigenvalue weighted by Gasteiger charge is -2.25. The standard InChI is InChI=1S/C25H31ClN2O6/c26-24-20-14-18(27-34-17-19(29)16-28-11-7-5-8-12-28)10-6-3-1-2-4-9-13-33-25(32)23(20)21(30)15-22(24)31/h2,4,6,10,15,30-31H,1,3,5,7-9,11-14,16-17H2/b4-2+,10-6+,27-18-. The second-order valence-corrected chi connectivity index (χ2v) is 8.74. The highest BCUT2D eigenvalue weighted by Crippen LogP contribution is 2.37. The third-order valence-corrected chi connectivity index (χ3v) is 6.06. The van der Waals surface area contributed by atoms with E-state index in [9.17, 15) is 19.8 Å². The number of Topliss-reactive ketones (excluding diaryl/α,β-unsaturated/α-hetero) is 1. The van der Waals surface area contributed by atoms with Crippen molar-refractivity contribution in [3.63, 3.8) is 0 Å². The molecule has 2 aliphatic rings. The number of piperidine rings is 1. The molecule has 2 heterocycles. The van der Waals surface area contributed by atoms with Crippen molar-refractivity contribution < 1.29 is 29.4 Å². The van der Waals surface area contributed by atoms with Crippen molar-refractivity contribution >= 4 is 29.1 Å². The molecule has 1 aromatic rings. The Morgan fingerprint density at radius 3 is 2.62 bits per heavy atom. The molecule has 0 spiro atoms. The van der Waals surface area contributed by atoms with Gasteiger partial charge < -0.3 is 19.8 Å². The SMILES string of the molecule is O=C(CO/N=C1/C=C/CC/C=C/CCOC(=O)c2c(O)cc(O)c(Cl)c2C1)CN1CCCCC1. The summed E-state index contributed by atoms with van der Waals surface area (Å²) in [4.78, 5) is 32.4. The van der Waals surface area contributed by atoms with Crippen molar-refractivity contribution in [3.05, 3.63) is 46.5 Å². The number of halogens is 1. The summed E-state index contributed by atoms with van der Waals surface area (Å²) in [5.41, 5.74) is 0.419. The zero-order valence-electron chi connectivity index (χ0n) is 19.2. The van der Waals surface area contributed by atoms with Gasteiger partial charge in [0.1, 0.15) is 17.1 Å². The third-order valence-electron chi connectivity index (χ3n) is 5.63. The van der Waals surface area contributed by atoms with E-state index in [0.717, 1.165) is 44.8 Å².